The lowest BCUT2D eigenvalue weighted by Gasteiger charge is -2.01. The molecule has 0 aliphatic rings. The Kier molecular flexibility index (Phi) is 16.9. The normalized spacial score (nSPS) is 9.54. The molecule has 3 rings (SSSR count). The number of nitro benzene ring substituents is 1. The number of aryl methyl sites for hydroxylation is 1. The van der Waals surface area contributed by atoms with Gasteiger partial charge in [-0.05, 0) is 67.6 Å². The topological polar surface area (TPSA) is 124 Å². The number of aliphatic hydroxyl groups excluding tert-OH is 1. The number of nitro groups is 1. The van der Waals surface area contributed by atoms with Crippen molar-refractivity contribution < 1.29 is 25.3 Å². The molecule has 0 bridgehead atoms. The molecule has 0 aliphatic carbocycles. The quantitative estimate of drug-likeness (QED) is 0.171. The van der Waals surface area contributed by atoms with Crippen LogP contribution in [-0.2, 0) is 0 Å². The van der Waals surface area contributed by atoms with Gasteiger partial charge in [0.05, 0.1) is 4.92 Å². The average Bonchev–Trinajstić information content (AvgIpc) is 2.82. The summed E-state index contributed by atoms with van der Waals surface area (Å²) in [4.78, 5) is 9.52. The van der Waals surface area contributed by atoms with Crippen molar-refractivity contribution in [2.45, 2.75) is 53.4 Å². The van der Waals surface area contributed by atoms with Crippen LogP contribution in [0.4, 0.5) is 5.69 Å². The molecule has 0 spiro atoms. The van der Waals surface area contributed by atoms with E-state index in [2.05, 4.69) is 13.8 Å². The summed E-state index contributed by atoms with van der Waals surface area (Å²) < 4.78 is 0. The molecule has 0 radical (unpaired) electrons. The van der Waals surface area contributed by atoms with Gasteiger partial charge in [0.1, 0.15) is 17.2 Å². The number of aromatic hydroxyl groups is 3. The van der Waals surface area contributed by atoms with Gasteiger partial charge < -0.3 is 20.4 Å². The number of para-hydroxylation sites is 1. The van der Waals surface area contributed by atoms with Crippen LogP contribution in [0, 0.1) is 29.9 Å². The van der Waals surface area contributed by atoms with Crippen molar-refractivity contribution in [2.24, 2.45) is 5.92 Å². The number of benzene rings is 3. The number of unbranched alkanes of at least 4 members (excludes halogenated alkanes) is 2. The molecule has 3 aromatic rings. The van der Waals surface area contributed by atoms with Gasteiger partial charge >= 0.3 is 0 Å². The summed E-state index contributed by atoms with van der Waals surface area (Å²) in [5.74, 6) is 1.56. The zero-order valence-corrected chi connectivity index (χ0v) is 21.1. The Balaban J connectivity index is 0.000000443. The molecule has 192 valence electrons. The zero-order valence-electron chi connectivity index (χ0n) is 21.1. The summed E-state index contributed by atoms with van der Waals surface area (Å²) >= 11 is 0. The largest absolute Gasteiger partial charge is 0.508 e. The van der Waals surface area contributed by atoms with Gasteiger partial charge in [0.15, 0.2) is 0 Å². The maximum atomic E-state index is 10.0. The summed E-state index contributed by atoms with van der Waals surface area (Å²) in [6.45, 7) is 8.72. The SMILES string of the molecule is CC(C)CCCCCO.Cc1cccc(O)c1C.O=[N+]([O-])c1ccc(O)cc1.Oc1ccccc1. The molecule has 3 aromatic carbocycles. The molecule has 0 heterocycles. The molecule has 0 fully saturated rings. The molecule has 0 saturated heterocycles. The van der Waals surface area contributed by atoms with Crippen LogP contribution in [-0.4, -0.2) is 32.0 Å². The van der Waals surface area contributed by atoms with E-state index in [-0.39, 0.29) is 11.4 Å². The van der Waals surface area contributed by atoms with Crippen molar-refractivity contribution in [3.05, 3.63) is 94.0 Å². The van der Waals surface area contributed by atoms with E-state index in [0.29, 0.717) is 18.1 Å². The fraction of sp³-hybridized carbons (Fsp3) is 0.357. The molecule has 0 aromatic heterocycles. The lowest BCUT2D eigenvalue weighted by Crippen LogP contribution is -1.88. The van der Waals surface area contributed by atoms with Crippen molar-refractivity contribution in [2.75, 3.05) is 6.61 Å². The minimum atomic E-state index is -0.514. The van der Waals surface area contributed by atoms with Gasteiger partial charge in [0.2, 0.25) is 0 Å². The summed E-state index contributed by atoms with van der Waals surface area (Å²) in [7, 11) is 0. The third-order valence-electron chi connectivity index (χ3n) is 4.83. The highest BCUT2D eigenvalue weighted by molar-refractivity contribution is 5.37. The molecule has 4 N–H and O–H groups in total. The van der Waals surface area contributed by atoms with Crippen LogP contribution < -0.4 is 0 Å². The van der Waals surface area contributed by atoms with Crippen molar-refractivity contribution in [3.63, 3.8) is 0 Å². The number of aliphatic hydroxyl groups is 1. The van der Waals surface area contributed by atoms with Crippen LogP contribution in [0.5, 0.6) is 17.2 Å². The monoisotopic (exact) mass is 485 g/mol. The highest BCUT2D eigenvalue weighted by Gasteiger charge is 2.01. The molecule has 0 saturated carbocycles. The highest BCUT2D eigenvalue weighted by atomic mass is 16.6. The number of non-ortho nitro benzene ring substituents is 1. The standard InChI is InChI=1S/C8H10O.C8H18O.C6H5NO3.C6H6O/c1-6-4-3-5-8(9)7(6)2;1-8(2)6-4-3-5-7-9;8-6-3-1-5(2-4-6)7(9)10;7-6-4-2-1-3-5-6/h3-5,9H,1-2H3;8-9H,3-7H2,1-2H3;1-4,8H;1-5,7H. The number of nitrogens with zero attached hydrogens (tertiary/aromatic N) is 1. The van der Waals surface area contributed by atoms with Crippen molar-refractivity contribution >= 4 is 5.69 Å². The second-order valence-corrected chi connectivity index (χ2v) is 8.29. The predicted octanol–water partition coefficient (Wildman–Crippen LogP) is 6.90. The first-order chi connectivity index (χ1) is 16.6. The molecule has 0 amide bonds. The van der Waals surface area contributed by atoms with E-state index in [1.54, 1.807) is 30.3 Å². The lowest BCUT2D eigenvalue weighted by atomic mass is 10.1. The fourth-order valence-corrected chi connectivity index (χ4v) is 2.58. The number of hydrogen-bond donors (Lipinski definition) is 4. The Morgan fingerprint density at radius 1 is 0.771 bits per heavy atom. The van der Waals surface area contributed by atoms with Gasteiger partial charge in [-0.1, -0.05) is 63.4 Å². The fourth-order valence-electron chi connectivity index (χ4n) is 2.58. The number of rotatable bonds is 6. The predicted molar refractivity (Wildman–Crippen MR) is 141 cm³/mol. The number of phenols is 3. The van der Waals surface area contributed by atoms with Crippen LogP contribution >= 0.6 is 0 Å². The minimum absolute atomic E-state index is 0.0159. The molecule has 0 atom stereocenters. The Labute approximate surface area is 208 Å². The molecular formula is C28H39NO6. The Bertz CT molecular complexity index is 923. The van der Waals surface area contributed by atoms with E-state index in [1.807, 2.05) is 32.0 Å². The Hall–Kier alpha value is -3.58. The van der Waals surface area contributed by atoms with Gasteiger partial charge in [-0.25, -0.2) is 0 Å². The first-order valence-corrected chi connectivity index (χ1v) is 11.6. The first kappa shape index (κ1) is 31.4. The van der Waals surface area contributed by atoms with Crippen LogP contribution in [0.15, 0.2) is 72.8 Å². The van der Waals surface area contributed by atoms with Gasteiger partial charge in [0, 0.05) is 18.7 Å². The molecule has 0 unspecified atom stereocenters. The molecular weight excluding hydrogens is 446 g/mol. The van der Waals surface area contributed by atoms with Crippen molar-refractivity contribution in [1.29, 1.82) is 0 Å². The third-order valence-corrected chi connectivity index (χ3v) is 4.83. The van der Waals surface area contributed by atoms with Crippen LogP contribution in [0.1, 0.15) is 50.7 Å². The molecule has 7 nitrogen and oxygen atoms in total. The smallest absolute Gasteiger partial charge is 0.269 e. The van der Waals surface area contributed by atoms with Gasteiger partial charge in [-0.3, -0.25) is 10.1 Å². The van der Waals surface area contributed by atoms with Crippen molar-refractivity contribution in [3.8, 4) is 17.2 Å². The Morgan fingerprint density at radius 3 is 1.74 bits per heavy atom. The van der Waals surface area contributed by atoms with Crippen LogP contribution in [0.2, 0.25) is 0 Å². The maximum Gasteiger partial charge on any atom is 0.269 e. The highest BCUT2D eigenvalue weighted by Crippen LogP contribution is 2.17. The molecule has 35 heavy (non-hydrogen) atoms. The number of phenolic OH excluding ortho intramolecular Hbond substituents is 3. The van der Waals surface area contributed by atoms with Gasteiger partial charge in [0.25, 0.3) is 5.69 Å². The van der Waals surface area contributed by atoms with Crippen LogP contribution in [0.3, 0.4) is 0 Å². The Morgan fingerprint density at radius 2 is 1.34 bits per heavy atom. The van der Waals surface area contributed by atoms with Crippen molar-refractivity contribution in [1.82, 2.24) is 0 Å². The van der Waals surface area contributed by atoms with Crippen LogP contribution in [0.25, 0.3) is 0 Å². The average molecular weight is 486 g/mol. The van der Waals surface area contributed by atoms with Gasteiger partial charge in [-0.2, -0.15) is 0 Å². The lowest BCUT2D eigenvalue weighted by molar-refractivity contribution is -0.384. The van der Waals surface area contributed by atoms with E-state index >= 15 is 0 Å². The number of hydrogen-bond acceptors (Lipinski definition) is 6. The first-order valence-electron chi connectivity index (χ1n) is 11.6. The summed E-state index contributed by atoms with van der Waals surface area (Å²) in [6, 6.07) is 19.3. The summed E-state index contributed by atoms with van der Waals surface area (Å²) in [5, 5.41) is 44.9. The maximum absolute atomic E-state index is 10.0. The second-order valence-electron chi connectivity index (χ2n) is 8.29. The molecule has 0 aliphatic heterocycles. The second kappa shape index (κ2) is 18.8. The third kappa shape index (κ3) is 16.6. The zero-order chi connectivity index (χ0) is 26.6. The van der Waals surface area contributed by atoms with E-state index in [0.717, 1.165) is 23.5 Å². The summed E-state index contributed by atoms with van der Waals surface area (Å²) in [5.41, 5.74) is 2.09. The van der Waals surface area contributed by atoms with E-state index < -0.39 is 4.92 Å². The van der Waals surface area contributed by atoms with E-state index in [4.69, 9.17) is 20.4 Å². The summed E-state index contributed by atoms with van der Waals surface area (Å²) in [6.07, 6.45) is 4.75. The van der Waals surface area contributed by atoms with E-state index in [9.17, 15) is 10.1 Å². The minimum Gasteiger partial charge on any atom is -0.508 e. The molecule has 7 heteroatoms. The van der Waals surface area contributed by atoms with Gasteiger partial charge in [-0.15, -0.1) is 0 Å². The van der Waals surface area contributed by atoms with E-state index in [1.165, 1.54) is 43.5 Å².